The van der Waals surface area contributed by atoms with Gasteiger partial charge >= 0.3 is 0 Å². The van der Waals surface area contributed by atoms with Crippen LogP contribution in [0, 0.1) is 0 Å². The number of benzene rings is 2. The molecule has 0 aliphatic carbocycles. The van der Waals surface area contributed by atoms with Crippen molar-refractivity contribution in [2.45, 2.75) is 4.34 Å². The van der Waals surface area contributed by atoms with Crippen molar-refractivity contribution in [3.05, 3.63) is 93.6 Å². The number of nitrogens with one attached hydrogen (secondary N) is 1. The minimum absolute atomic E-state index is 0.173. The Balaban J connectivity index is 1.34. The molecule has 174 valence electrons. The van der Waals surface area contributed by atoms with Crippen LogP contribution in [0.3, 0.4) is 0 Å². The molecule has 3 aromatic heterocycles. The van der Waals surface area contributed by atoms with Crippen LogP contribution in [-0.4, -0.2) is 31.4 Å². The van der Waals surface area contributed by atoms with Gasteiger partial charge in [0, 0.05) is 16.0 Å². The molecule has 1 N–H and O–H groups in total. The maximum Gasteiger partial charge on any atom is 0.250 e. The van der Waals surface area contributed by atoms with Gasteiger partial charge < -0.3 is 0 Å². The van der Waals surface area contributed by atoms with Crippen molar-refractivity contribution < 1.29 is 4.79 Å². The quantitative estimate of drug-likeness (QED) is 0.200. The van der Waals surface area contributed by atoms with Crippen LogP contribution in [0.25, 0.3) is 27.6 Å². The fourth-order valence-corrected chi connectivity index (χ4v) is 6.14. The third-order valence-electron chi connectivity index (χ3n) is 4.76. The lowest BCUT2D eigenvalue weighted by molar-refractivity contribution is -0.118. The first kappa shape index (κ1) is 23.6. The molecule has 0 aliphatic heterocycles. The molecule has 7 nitrogen and oxygen atoms in total. The Labute approximate surface area is 221 Å². The summed E-state index contributed by atoms with van der Waals surface area (Å²) in [4.78, 5) is 17.5. The van der Waals surface area contributed by atoms with Gasteiger partial charge in [-0.3, -0.25) is 14.3 Å². The van der Waals surface area contributed by atoms with E-state index in [0.717, 1.165) is 32.1 Å². The van der Waals surface area contributed by atoms with E-state index < -0.39 is 0 Å². The number of rotatable bonds is 7. The number of para-hydroxylation sites is 1. The molecular weight excluding hydrogens is 564 g/mol. The van der Waals surface area contributed by atoms with Crippen LogP contribution in [0.4, 0.5) is 0 Å². The Morgan fingerprint density at radius 3 is 2.63 bits per heavy atom. The molecule has 3 heterocycles. The van der Waals surface area contributed by atoms with E-state index in [-0.39, 0.29) is 11.7 Å². The predicted molar refractivity (Wildman–Crippen MR) is 144 cm³/mol. The zero-order chi connectivity index (χ0) is 24.0. The summed E-state index contributed by atoms with van der Waals surface area (Å²) in [6.45, 7) is 0. The van der Waals surface area contributed by atoms with E-state index in [1.54, 1.807) is 6.20 Å². The highest BCUT2D eigenvalue weighted by atomic mass is 79.9. The lowest BCUT2D eigenvalue weighted by Gasteiger charge is -2.11. The standard InChI is InChI=1S/C24H17BrN6OS3/c25-17-10-4-5-12-19(17)31-20(16-8-2-1-3-9-16)14-33-23(31)29-27-21(32)15-34-24-30-28-22(35-24)18-11-6-7-13-26-18/h1-14H,15H2,(H,27,32)/b29-23-. The third kappa shape index (κ3) is 5.59. The summed E-state index contributed by atoms with van der Waals surface area (Å²) in [5, 5.41) is 15.5. The highest BCUT2D eigenvalue weighted by molar-refractivity contribution is 9.10. The Kier molecular flexibility index (Phi) is 7.48. The maximum atomic E-state index is 12.6. The van der Waals surface area contributed by atoms with E-state index in [9.17, 15) is 4.79 Å². The number of halogens is 1. The number of hydrogen-bond acceptors (Lipinski definition) is 8. The van der Waals surface area contributed by atoms with Gasteiger partial charge in [-0.2, -0.15) is 0 Å². The smallest absolute Gasteiger partial charge is 0.250 e. The summed E-state index contributed by atoms with van der Waals surface area (Å²) in [6.07, 6.45) is 1.71. The maximum absolute atomic E-state index is 12.6. The van der Waals surface area contributed by atoms with Gasteiger partial charge in [0.25, 0.3) is 5.91 Å². The van der Waals surface area contributed by atoms with Crippen molar-refractivity contribution >= 4 is 56.3 Å². The van der Waals surface area contributed by atoms with Crippen LogP contribution in [0.5, 0.6) is 0 Å². The van der Waals surface area contributed by atoms with Crippen LogP contribution in [0.15, 0.2) is 98.3 Å². The lowest BCUT2D eigenvalue weighted by Crippen LogP contribution is -2.25. The molecule has 0 aliphatic rings. The van der Waals surface area contributed by atoms with Crippen LogP contribution in [0.1, 0.15) is 0 Å². The molecule has 1 amide bonds. The van der Waals surface area contributed by atoms with Crippen LogP contribution < -0.4 is 10.2 Å². The van der Waals surface area contributed by atoms with Gasteiger partial charge in [-0.25, -0.2) is 5.43 Å². The number of pyridine rings is 1. The Hall–Kier alpha value is -3.12. The highest BCUT2D eigenvalue weighted by Gasteiger charge is 2.13. The average Bonchev–Trinajstić information content (AvgIpc) is 3.55. The molecule has 2 aromatic carbocycles. The second-order valence-electron chi connectivity index (χ2n) is 7.08. The number of thiazole rings is 1. The first-order valence-electron chi connectivity index (χ1n) is 10.4. The SMILES string of the molecule is O=C(CSc1nnc(-c2ccccn2)s1)N/N=c1\scc(-c2ccccc2)n1-c1ccccc1Br. The number of carbonyl (C=O) groups is 1. The Morgan fingerprint density at radius 1 is 1.03 bits per heavy atom. The second-order valence-corrected chi connectivity index (χ2v) is 11.0. The van der Waals surface area contributed by atoms with Crippen molar-refractivity contribution in [3.63, 3.8) is 0 Å². The largest absolute Gasteiger partial charge is 0.283 e. The number of amides is 1. The number of carbonyl (C=O) groups excluding carboxylic acids is 1. The van der Waals surface area contributed by atoms with Crippen molar-refractivity contribution in [2.75, 3.05) is 5.75 Å². The number of thioether (sulfide) groups is 1. The first-order chi connectivity index (χ1) is 17.2. The summed E-state index contributed by atoms with van der Waals surface area (Å²) in [5.41, 5.74) is 6.43. The topological polar surface area (TPSA) is 85.1 Å². The monoisotopic (exact) mass is 580 g/mol. The van der Waals surface area contributed by atoms with Gasteiger partial charge in [-0.05, 0) is 45.8 Å². The Morgan fingerprint density at radius 2 is 1.83 bits per heavy atom. The van der Waals surface area contributed by atoms with Gasteiger partial charge in [-0.1, -0.05) is 71.6 Å². The number of hydrogen-bond donors (Lipinski definition) is 1. The number of nitrogens with zero attached hydrogens (tertiary/aromatic N) is 5. The minimum Gasteiger partial charge on any atom is -0.283 e. The zero-order valence-corrected chi connectivity index (χ0v) is 22.1. The molecule has 0 spiro atoms. The molecule has 35 heavy (non-hydrogen) atoms. The fraction of sp³-hybridized carbons (Fsp3) is 0.0417. The van der Waals surface area contributed by atoms with Gasteiger partial charge in [0.15, 0.2) is 9.35 Å². The van der Waals surface area contributed by atoms with E-state index in [4.69, 9.17) is 0 Å². The van der Waals surface area contributed by atoms with Crippen LogP contribution >= 0.6 is 50.4 Å². The van der Waals surface area contributed by atoms with Gasteiger partial charge in [0.05, 0.1) is 17.1 Å². The van der Waals surface area contributed by atoms with E-state index in [2.05, 4.69) is 53.8 Å². The van der Waals surface area contributed by atoms with Crippen molar-refractivity contribution in [1.29, 1.82) is 0 Å². The first-order valence-corrected chi connectivity index (χ1v) is 13.9. The van der Waals surface area contributed by atoms with Crippen LogP contribution in [0.2, 0.25) is 0 Å². The highest BCUT2D eigenvalue weighted by Crippen LogP contribution is 2.29. The van der Waals surface area contributed by atoms with Crippen molar-refractivity contribution in [2.24, 2.45) is 5.10 Å². The normalized spacial score (nSPS) is 11.5. The van der Waals surface area contributed by atoms with E-state index in [0.29, 0.717) is 9.14 Å². The molecule has 5 rings (SSSR count). The minimum atomic E-state index is -0.224. The summed E-state index contributed by atoms with van der Waals surface area (Å²) in [7, 11) is 0. The summed E-state index contributed by atoms with van der Waals surface area (Å²) in [6, 6.07) is 23.6. The van der Waals surface area contributed by atoms with Crippen molar-refractivity contribution in [1.82, 2.24) is 25.2 Å². The molecule has 0 bridgehead atoms. The molecular formula is C24H17BrN6OS3. The molecule has 5 aromatic rings. The van der Waals surface area contributed by atoms with Gasteiger partial charge in [0.1, 0.15) is 5.69 Å². The number of aromatic nitrogens is 4. The third-order valence-corrected chi connectivity index (χ3v) is 8.34. The molecule has 11 heteroatoms. The molecule has 0 unspecified atom stereocenters. The zero-order valence-electron chi connectivity index (χ0n) is 18.0. The van der Waals surface area contributed by atoms with Crippen LogP contribution in [-0.2, 0) is 4.79 Å². The molecule has 0 saturated carbocycles. The summed E-state index contributed by atoms with van der Waals surface area (Å²) in [5.74, 6) is -0.0512. The van der Waals surface area contributed by atoms with Gasteiger partial charge in [0.2, 0.25) is 4.80 Å². The second kappa shape index (κ2) is 11.1. The van der Waals surface area contributed by atoms with E-state index in [1.165, 1.54) is 34.4 Å². The lowest BCUT2D eigenvalue weighted by atomic mass is 10.1. The molecule has 0 fully saturated rings. The van der Waals surface area contributed by atoms with E-state index >= 15 is 0 Å². The summed E-state index contributed by atoms with van der Waals surface area (Å²) >= 11 is 7.83. The summed E-state index contributed by atoms with van der Waals surface area (Å²) < 4.78 is 3.66. The average molecular weight is 582 g/mol. The Bertz CT molecular complexity index is 1520. The fourth-order valence-electron chi connectivity index (χ4n) is 3.20. The van der Waals surface area contributed by atoms with E-state index in [1.807, 2.05) is 70.6 Å². The molecule has 0 radical (unpaired) electrons. The predicted octanol–water partition coefficient (Wildman–Crippen LogP) is 5.61. The van der Waals surface area contributed by atoms with Crippen molar-refractivity contribution in [3.8, 4) is 27.6 Å². The van der Waals surface area contributed by atoms with Gasteiger partial charge in [-0.15, -0.1) is 26.6 Å². The molecule has 0 saturated heterocycles. The molecule has 0 atom stereocenters.